The van der Waals surface area contributed by atoms with E-state index in [0.717, 1.165) is 30.4 Å². The van der Waals surface area contributed by atoms with E-state index in [-0.39, 0.29) is 18.5 Å². The fourth-order valence-electron chi connectivity index (χ4n) is 4.24. The Morgan fingerprint density at radius 3 is 2.96 bits per heavy atom. The van der Waals surface area contributed by atoms with Gasteiger partial charge in [0.25, 0.3) is 5.91 Å². The molecule has 1 spiro atoms. The van der Waals surface area contributed by atoms with Gasteiger partial charge in [-0.05, 0) is 48.4 Å². The quantitative estimate of drug-likeness (QED) is 0.752. The summed E-state index contributed by atoms with van der Waals surface area (Å²) in [6, 6.07) is 5.13. The molecule has 0 unspecified atom stereocenters. The molecule has 28 heavy (non-hydrogen) atoms. The van der Waals surface area contributed by atoms with E-state index < -0.39 is 5.54 Å². The average molecular weight is 419 g/mol. The highest BCUT2D eigenvalue weighted by Crippen LogP contribution is 2.43. The molecule has 0 radical (unpaired) electrons. The lowest BCUT2D eigenvalue weighted by atomic mass is 9.80. The summed E-state index contributed by atoms with van der Waals surface area (Å²) in [5, 5.41) is 5.39. The van der Waals surface area contributed by atoms with Gasteiger partial charge in [-0.15, -0.1) is 11.3 Å². The zero-order chi connectivity index (χ0) is 19.3. The highest BCUT2D eigenvalue weighted by molar-refractivity contribution is 7.10. The number of thiophene rings is 1. The minimum absolute atomic E-state index is 0.141. The van der Waals surface area contributed by atoms with Gasteiger partial charge < -0.3 is 14.8 Å². The zero-order valence-electron chi connectivity index (χ0n) is 15.1. The minimum atomic E-state index is -0.931. The second kappa shape index (κ2) is 6.67. The topological polar surface area (TPSA) is 67.9 Å². The Bertz CT molecular complexity index is 975. The van der Waals surface area contributed by atoms with Crippen LogP contribution in [0.15, 0.2) is 23.6 Å². The summed E-state index contributed by atoms with van der Waals surface area (Å²) in [5.74, 6) is 0.881. The predicted octanol–water partition coefficient (Wildman–Crippen LogP) is 3.85. The van der Waals surface area contributed by atoms with Crippen LogP contribution in [0.5, 0.6) is 11.5 Å². The number of imide groups is 1. The molecule has 8 heteroatoms. The molecule has 3 amide bonds. The molecular weight excluding hydrogens is 400 g/mol. The number of nitrogens with one attached hydrogen (secondary N) is 1. The number of carbonyl (C=O) groups is 2. The van der Waals surface area contributed by atoms with Crippen LogP contribution in [0.2, 0.25) is 5.02 Å². The third kappa shape index (κ3) is 2.68. The Balaban J connectivity index is 1.46. The Hall–Kier alpha value is -2.25. The third-order valence-electron chi connectivity index (χ3n) is 5.54. The molecule has 3 aliphatic rings. The van der Waals surface area contributed by atoms with E-state index in [4.69, 9.17) is 21.1 Å². The van der Waals surface area contributed by atoms with Gasteiger partial charge in [-0.2, -0.15) is 0 Å². The second-order valence-corrected chi connectivity index (χ2v) is 8.70. The monoisotopic (exact) mass is 418 g/mol. The molecule has 1 aliphatic carbocycles. The second-order valence-electron chi connectivity index (χ2n) is 7.29. The van der Waals surface area contributed by atoms with E-state index >= 15 is 0 Å². The first kappa shape index (κ1) is 17.8. The fraction of sp³-hybridized carbons (Fsp3) is 0.400. The van der Waals surface area contributed by atoms with Crippen LogP contribution >= 0.6 is 22.9 Å². The number of fused-ring (bicyclic) bond motifs is 3. The lowest BCUT2D eigenvalue weighted by molar-refractivity contribution is -0.132. The summed E-state index contributed by atoms with van der Waals surface area (Å²) in [5.41, 5.74) is 0.747. The molecule has 1 saturated heterocycles. The fourth-order valence-corrected chi connectivity index (χ4v) is 5.53. The van der Waals surface area contributed by atoms with E-state index in [1.807, 2.05) is 11.4 Å². The molecule has 1 aromatic carbocycles. The number of urea groups is 1. The van der Waals surface area contributed by atoms with Crippen LogP contribution in [0.1, 0.15) is 35.3 Å². The summed E-state index contributed by atoms with van der Waals surface area (Å²) in [6.07, 6.45) is 3.23. The van der Waals surface area contributed by atoms with Crippen molar-refractivity contribution in [1.29, 1.82) is 0 Å². The van der Waals surface area contributed by atoms with Gasteiger partial charge in [-0.1, -0.05) is 11.6 Å². The summed E-state index contributed by atoms with van der Waals surface area (Å²) in [7, 11) is 0. The van der Waals surface area contributed by atoms with Gasteiger partial charge in [-0.3, -0.25) is 9.69 Å². The molecule has 1 atom stereocenters. The van der Waals surface area contributed by atoms with Crippen molar-refractivity contribution in [2.45, 2.75) is 37.8 Å². The molecule has 2 aromatic rings. The first-order valence-electron chi connectivity index (χ1n) is 9.37. The van der Waals surface area contributed by atoms with Gasteiger partial charge in [0.15, 0.2) is 11.5 Å². The number of aryl methyl sites for hydroxylation is 1. The third-order valence-corrected chi connectivity index (χ3v) is 6.80. The number of carbonyl (C=O) groups excluding carboxylic acids is 2. The molecule has 1 N–H and O–H groups in total. The molecule has 6 nitrogen and oxygen atoms in total. The number of amides is 3. The number of ether oxygens (including phenoxy) is 2. The van der Waals surface area contributed by atoms with Crippen molar-refractivity contribution >= 4 is 34.9 Å². The van der Waals surface area contributed by atoms with E-state index in [0.29, 0.717) is 36.2 Å². The minimum Gasteiger partial charge on any atom is -0.489 e. The van der Waals surface area contributed by atoms with E-state index in [9.17, 15) is 9.59 Å². The molecule has 5 rings (SSSR count). The van der Waals surface area contributed by atoms with Gasteiger partial charge in [-0.25, -0.2) is 4.79 Å². The van der Waals surface area contributed by atoms with Gasteiger partial charge >= 0.3 is 6.03 Å². The van der Waals surface area contributed by atoms with Crippen molar-refractivity contribution in [1.82, 2.24) is 10.2 Å². The van der Waals surface area contributed by atoms with Crippen LogP contribution in [0.3, 0.4) is 0 Å². The highest BCUT2D eigenvalue weighted by atomic mass is 35.5. The van der Waals surface area contributed by atoms with Crippen molar-refractivity contribution < 1.29 is 19.1 Å². The lowest BCUT2D eigenvalue weighted by Gasteiger charge is -2.31. The number of halogens is 1. The maximum Gasteiger partial charge on any atom is 0.325 e. The van der Waals surface area contributed by atoms with Crippen LogP contribution in [0.4, 0.5) is 4.79 Å². The summed E-state index contributed by atoms with van der Waals surface area (Å²) >= 11 is 8.01. The van der Waals surface area contributed by atoms with Crippen molar-refractivity contribution in [3.05, 3.63) is 44.6 Å². The summed E-state index contributed by atoms with van der Waals surface area (Å²) in [4.78, 5) is 28.5. The Morgan fingerprint density at radius 2 is 2.07 bits per heavy atom. The predicted molar refractivity (Wildman–Crippen MR) is 105 cm³/mol. The molecule has 1 aromatic heterocycles. The SMILES string of the molecule is O=C1N[C@@]2(CCCc3sccc32)C(=O)N1Cc1cc(Cl)c2c(c1)OCCCO2. The molecule has 0 bridgehead atoms. The summed E-state index contributed by atoms with van der Waals surface area (Å²) in [6.45, 7) is 1.23. The Labute approximate surface area is 171 Å². The van der Waals surface area contributed by atoms with E-state index in [1.165, 1.54) is 9.78 Å². The van der Waals surface area contributed by atoms with Crippen molar-refractivity contribution in [2.24, 2.45) is 0 Å². The number of nitrogens with zero attached hydrogens (tertiary/aromatic N) is 1. The molecular formula is C20H19ClN2O4S. The van der Waals surface area contributed by atoms with Crippen LogP contribution in [0.25, 0.3) is 0 Å². The van der Waals surface area contributed by atoms with Gasteiger partial charge in [0.05, 0.1) is 24.8 Å². The normalized spacial score (nSPS) is 23.5. The molecule has 3 heterocycles. The summed E-state index contributed by atoms with van der Waals surface area (Å²) < 4.78 is 11.4. The van der Waals surface area contributed by atoms with Crippen molar-refractivity contribution in [2.75, 3.05) is 13.2 Å². The van der Waals surface area contributed by atoms with Crippen molar-refractivity contribution in [3.63, 3.8) is 0 Å². The van der Waals surface area contributed by atoms with Crippen molar-refractivity contribution in [3.8, 4) is 11.5 Å². The largest absolute Gasteiger partial charge is 0.489 e. The highest BCUT2D eigenvalue weighted by Gasteiger charge is 2.54. The number of hydrogen-bond donors (Lipinski definition) is 1. The Kier molecular flexibility index (Phi) is 4.25. The molecule has 2 aliphatic heterocycles. The standard InChI is InChI=1S/C20H19ClN2O4S/c21-14-9-12(10-15-17(14)27-7-2-6-26-15)11-23-18(24)20(22-19(23)25)5-1-3-16-13(20)4-8-28-16/h4,8-10H,1-3,5-7,11H2,(H,22,25)/t20-/m1/s1. The average Bonchev–Trinajstić information content (AvgIpc) is 3.14. The van der Waals surface area contributed by atoms with E-state index in [1.54, 1.807) is 23.5 Å². The first-order valence-corrected chi connectivity index (χ1v) is 10.6. The Morgan fingerprint density at radius 1 is 1.21 bits per heavy atom. The van der Waals surface area contributed by atoms with Crippen LogP contribution in [0, 0.1) is 0 Å². The maximum absolute atomic E-state index is 13.3. The zero-order valence-corrected chi connectivity index (χ0v) is 16.7. The van der Waals surface area contributed by atoms with Crippen LogP contribution in [-0.4, -0.2) is 30.1 Å². The van der Waals surface area contributed by atoms with Crippen LogP contribution < -0.4 is 14.8 Å². The van der Waals surface area contributed by atoms with Gasteiger partial charge in [0, 0.05) is 16.9 Å². The molecule has 0 saturated carbocycles. The number of rotatable bonds is 2. The van der Waals surface area contributed by atoms with Gasteiger partial charge in [0.1, 0.15) is 5.54 Å². The first-order chi connectivity index (χ1) is 13.6. The lowest BCUT2D eigenvalue weighted by Crippen LogP contribution is -2.46. The van der Waals surface area contributed by atoms with Gasteiger partial charge in [0.2, 0.25) is 0 Å². The van der Waals surface area contributed by atoms with E-state index in [2.05, 4.69) is 5.32 Å². The maximum atomic E-state index is 13.3. The molecule has 1 fully saturated rings. The van der Waals surface area contributed by atoms with Crippen LogP contribution in [-0.2, 0) is 23.3 Å². The number of hydrogen-bond acceptors (Lipinski definition) is 5. The smallest absolute Gasteiger partial charge is 0.325 e. The number of benzene rings is 1. The molecule has 146 valence electrons.